The Bertz CT molecular complexity index is 452. The Balaban J connectivity index is 0.00000729. The summed E-state index contributed by atoms with van der Waals surface area (Å²) in [4.78, 5) is 18.0. The molecule has 0 aliphatic carbocycles. The van der Waals surface area contributed by atoms with Gasteiger partial charge in [0.15, 0.2) is 5.96 Å². The number of carbonyl (C=O) groups is 1. The van der Waals surface area contributed by atoms with E-state index >= 15 is 0 Å². The van der Waals surface area contributed by atoms with Crippen molar-refractivity contribution in [3.8, 4) is 0 Å². The number of halogens is 1. The van der Waals surface area contributed by atoms with Gasteiger partial charge in [-0.15, -0.1) is 24.0 Å². The van der Waals surface area contributed by atoms with Crippen LogP contribution in [0.5, 0.6) is 0 Å². The van der Waals surface area contributed by atoms with Gasteiger partial charge in [0, 0.05) is 46.4 Å². The fourth-order valence-electron chi connectivity index (χ4n) is 2.61. The highest BCUT2D eigenvalue weighted by Crippen LogP contribution is 2.12. The first kappa shape index (κ1) is 27.2. The monoisotopic (exact) mass is 514 g/mol. The summed E-state index contributed by atoms with van der Waals surface area (Å²) in [5.74, 6) is 0.717. The molecule has 28 heavy (non-hydrogen) atoms. The van der Waals surface area contributed by atoms with Crippen molar-refractivity contribution in [2.24, 2.45) is 4.99 Å². The quantitative estimate of drug-likeness (QED) is 0.202. The second kappa shape index (κ2) is 15.1. The summed E-state index contributed by atoms with van der Waals surface area (Å²) in [5.41, 5.74) is -0.485. The number of hydrogen-bond acceptors (Lipinski definition) is 5. The fourth-order valence-corrected chi connectivity index (χ4v) is 2.61. The average molecular weight is 514 g/mol. The Kier molecular flexibility index (Phi) is 14.6. The van der Waals surface area contributed by atoms with E-state index in [-0.39, 0.29) is 36.2 Å². The molecule has 9 heteroatoms. The first-order valence-electron chi connectivity index (χ1n) is 9.97. The normalized spacial score (nSPS) is 17.0. The van der Waals surface area contributed by atoms with Crippen LogP contribution in [0.3, 0.4) is 0 Å². The van der Waals surface area contributed by atoms with Crippen LogP contribution in [0.15, 0.2) is 4.99 Å². The van der Waals surface area contributed by atoms with Gasteiger partial charge in [-0.25, -0.2) is 4.79 Å². The highest BCUT2D eigenvalue weighted by atomic mass is 127. The minimum Gasteiger partial charge on any atom is -0.444 e. The minimum absolute atomic E-state index is 0. The Morgan fingerprint density at radius 1 is 1.29 bits per heavy atom. The van der Waals surface area contributed by atoms with Crippen molar-refractivity contribution in [2.75, 3.05) is 53.0 Å². The molecule has 0 saturated carbocycles. The van der Waals surface area contributed by atoms with Gasteiger partial charge in [-0.3, -0.25) is 4.99 Å². The molecule has 1 aliphatic heterocycles. The van der Waals surface area contributed by atoms with E-state index in [1.54, 1.807) is 11.9 Å². The summed E-state index contributed by atoms with van der Waals surface area (Å²) < 4.78 is 16.6. The van der Waals surface area contributed by atoms with Gasteiger partial charge < -0.3 is 29.7 Å². The number of aliphatic imine (C=N–C) groups is 1. The molecule has 1 amide bonds. The second-order valence-corrected chi connectivity index (χ2v) is 7.55. The van der Waals surface area contributed by atoms with Crippen LogP contribution in [0.25, 0.3) is 0 Å². The van der Waals surface area contributed by atoms with Crippen LogP contribution < -0.4 is 10.6 Å². The number of likely N-dealkylation sites (N-methyl/N-ethyl adjacent to an activating group) is 1. The molecular weight excluding hydrogens is 475 g/mol. The summed E-state index contributed by atoms with van der Waals surface area (Å²) in [6.45, 7) is 12.3. The lowest BCUT2D eigenvalue weighted by Crippen LogP contribution is -2.44. The summed E-state index contributed by atoms with van der Waals surface area (Å²) in [5, 5.41) is 6.47. The van der Waals surface area contributed by atoms with Gasteiger partial charge in [0.25, 0.3) is 0 Å². The molecule has 1 fully saturated rings. The van der Waals surface area contributed by atoms with Crippen molar-refractivity contribution in [2.45, 2.75) is 58.7 Å². The minimum atomic E-state index is -0.485. The first-order chi connectivity index (χ1) is 12.9. The lowest BCUT2D eigenvalue weighted by molar-refractivity contribution is 0.0168. The molecule has 2 N–H and O–H groups in total. The number of nitrogens with one attached hydrogen (secondary N) is 2. The average Bonchev–Trinajstić information content (AvgIpc) is 3.11. The predicted molar refractivity (Wildman–Crippen MR) is 123 cm³/mol. The summed E-state index contributed by atoms with van der Waals surface area (Å²) in [6.07, 6.45) is 3.12. The zero-order valence-electron chi connectivity index (χ0n) is 18.1. The van der Waals surface area contributed by atoms with Crippen LogP contribution in [-0.2, 0) is 14.2 Å². The first-order valence-corrected chi connectivity index (χ1v) is 9.97. The predicted octanol–water partition coefficient (Wildman–Crippen LogP) is 2.61. The van der Waals surface area contributed by atoms with Crippen molar-refractivity contribution >= 4 is 36.0 Å². The Labute approximate surface area is 187 Å². The molecule has 1 rings (SSSR count). The molecule has 1 saturated heterocycles. The molecule has 0 spiro atoms. The van der Waals surface area contributed by atoms with Crippen LogP contribution in [-0.4, -0.2) is 81.7 Å². The summed E-state index contributed by atoms with van der Waals surface area (Å²) in [6, 6.07) is 0. The number of ether oxygens (including phenoxy) is 3. The Morgan fingerprint density at radius 2 is 2.00 bits per heavy atom. The van der Waals surface area contributed by atoms with E-state index < -0.39 is 5.60 Å². The summed E-state index contributed by atoms with van der Waals surface area (Å²) in [7, 11) is 1.73. The Morgan fingerprint density at radius 3 is 2.57 bits per heavy atom. The van der Waals surface area contributed by atoms with Gasteiger partial charge in [-0.1, -0.05) is 0 Å². The molecule has 0 aromatic heterocycles. The topological polar surface area (TPSA) is 84.4 Å². The molecular formula is C19H39IN4O4. The van der Waals surface area contributed by atoms with Crippen LogP contribution >= 0.6 is 24.0 Å². The highest BCUT2D eigenvalue weighted by molar-refractivity contribution is 14.0. The molecule has 0 aromatic carbocycles. The van der Waals surface area contributed by atoms with E-state index in [0.717, 1.165) is 38.4 Å². The zero-order chi connectivity index (χ0) is 20.1. The van der Waals surface area contributed by atoms with Crippen molar-refractivity contribution in [3.63, 3.8) is 0 Å². The van der Waals surface area contributed by atoms with Crippen LogP contribution in [0, 0.1) is 0 Å². The van der Waals surface area contributed by atoms with E-state index in [9.17, 15) is 4.79 Å². The molecule has 1 heterocycles. The fraction of sp³-hybridized carbons (Fsp3) is 0.895. The molecule has 0 bridgehead atoms. The summed E-state index contributed by atoms with van der Waals surface area (Å²) >= 11 is 0. The third kappa shape index (κ3) is 12.6. The Hall–Kier alpha value is -0.810. The van der Waals surface area contributed by atoms with Crippen molar-refractivity contribution in [1.82, 2.24) is 15.5 Å². The van der Waals surface area contributed by atoms with E-state index in [1.165, 1.54) is 0 Å². The SMILES string of the molecule is CCN(CCNC(=NC)NCCCOCC1CCCO1)C(=O)OC(C)(C)C.I. The second-order valence-electron chi connectivity index (χ2n) is 7.55. The highest BCUT2D eigenvalue weighted by Gasteiger charge is 2.20. The number of guanidine groups is 1. The van der Waals surface area contributed by atoms with Crippen molar-refractivity contribution in [1.29, 1.82) is 0 Å². The van der Waals surface area contributed by atoms with Gasteiger partial charge in [-0.2, -0.15) is 0 Å². The molecule has 0 aromatic rings. The van der Waals surface area contributed by atoms with Gasteiger partial charge in [-0.05, 0) is 47.0 Å². The molecule has 1 unspecified atom stereocenters. The lowest BCUT2D eigenvalue weighted by Gasteiger charge is -2.26. The molecule has 1 atom stereocenters. The number of amides is 1. The van der Waals surface area contributed by atoms with Crippen molar-refractivity contribution < 1.29 is 19.0 Å². The maximum Gasteiger partial charge on any atom is 0.410 e. The molecule has 1 aliphatic rings. The maximum absolute atomic E-state index is 12.1. The van der Waals surface area contributed by atoms with Crippen LogP contribution in [0.2, 0.25) is 0 Å². The van der Waals surface area contributed by atoms with E-state index in [4.69, 9.17) is 14.2 Å². The zero-order valence-corrected chi connectivity index (χ0v) is 20.4. The van der Waals surface area contributed by atoms with E-state index in [1.807, 2.05) is 27.7 Å². The number of carbonyl (C=O) groups excluding carboxylic acids is 1. The van der Waals surface area contributed by atoms with Crippen LogP contribution in [0.1, 0.15) is 47.0 Å². The van der Waals surface area contributed by atoms with E-state index in [0.29, 0.717) is 32.8 Å². The molecule has 166 valence electrons. The number of hydrogen-bond donors (Lipinski definition) is 2. The van der Waals surface area contributed by atoms with Crippen LogP contribution in [0.4, 0.5) is 4.79 Å². The van der Waals surface area contributed by atoms with E-state index in [2.05, 4.69) is 15.6 Å². The van der Waals surface area contributed by atoms with Gasteiger partial charge >= 0.3 is 6.09 Å². The third-order valence-electron chi connectivity index (χ3n) is 4.02. The lowest BCUT2D eigenvalue weighted by atomic mass is 10.2. The third-order valence-corrected chi connectivity index (χ3v) is 4.02. The maximum atomic E-state index is 12.1. The van der Waals surface area contributed by atoms with Gasteiger partial charge in [0.05, 0.1) is 12.7 Å². The smallest absolute Gasteiger partial charge is 0.410 e. The molecule has 0 radical (unpaired) electrons. The molecule has 8 nitrogen and oxygen atoms in total. The standard InChI is InChI=1S/C19H38N4O4.HI/c1-6-23(18(24)27-19(2,3)4)12-11-22-17(20-5)21-10-8-13-25-15-16-9-7-14-26-16;/h16H,6-15H2,1-5H3,(H2,20,21,22);1H. The van der Waals surface area contributed by atoms with Gasteiger partial charge in [0.2, 0.25) is 0 Å². The largest absolute Gasteiger partial charge is 0.444 e. The van der Waals surface area contributed by atoms with Crippen molar-refractivity contribution in [3.05, 3.63) is 0 Å². The number of nitrogens with zero attached hydrogens (tertiary/aromatic N) is 2. The number of rotatable bonds is 10. The van der Waals surface area contributed by atoms with Gasteiger partial charge in [0.1, 0.15) is 5.60 Å².